The van der Waals surface area contributed by atoms with E-state index in [0.29, 0.717) is 18.7 Å². The molecule has 0 radical (unpaired) electrons. The fourth-order valence-electron chi connectivity index (χ4n) is 2.11. The molecule has 6 nitrogen and oxygen atoms in total. The number of rotatable bonds is 9. The highest BCUT2D eigenvalue weighted by Gasteiger charge is 2.19. The van der Waals surface area contributed by atoms with Crippen molar-refractivity contribution in [3.63, 3.8) is 0 Å². The average Bonchev–Trinajstić information content (AvgIpc) is 2.45. The summed E-state index contributed by atoms with van der Waals surface area (Å²) in [4.78, 5) is 14.1. The number of aryl methyl sites for hydroxylation is 1. The molecule has 1 aromatic rings. The van der Waals surface area contributed by atoms with Crippen LogP contribution in [0.4, 0.5) is 5.69 Å². The van der Waals surface area contributed by atoms with Crippen LogP contribution in [0.25, 0.3) is 0 Å². The molecule has 0 atom stereocenters. The van der Waals surface area contributed by atoms with Gasteiger partial charge in [-0.2, -0.15) is 4.31 Å². The van der Waals surface area contributed by atoms with Crippen molar-refractivity contribution in [3.05, 3.63) is 29.8 Å². The molecule has 0 aromatic heterocycles. The van der Waals surface area contributed by atoms with Crippen LogP contribution in [0.3, 0.4) is 0 Å². The van der Waals surface area contributed by atoms with E-state index >= 15 is 0 Å². The molecule has 0 saturated carbocycles. The van der Waals surface area contributed by atoms with Crippen molar-refractivity contribution in [2.45, 2.75) is 19.8 Å². The normalized spacial score (nSPS) is 11.9. The first kappa shape index (κ1) is 19.6. The van der Waals surface area contributed by atoms with Crippen molar-refractivity contribution >= 4 is 21.6 Å². The molecule has 130 valence electrons. The van der Waals surface area contributed by atoms with Crippen LogP contribution in [0, 0.1) is 0 Å². The monoisotopic (exact) mass is 341 g/mol. The summed E-state index contributed by atoms with van der Waals surface area (Å²) in [7, 11) is 0.449. The van der Waals surface area contributed by atoms with Crippen molar-refractivity contribution in [3.8, 4) is 0 Å². The lowest BCUT2D eigenvalue weighted by Gasteiger charge is -2.20. The van der Waals surface area contributed by atoms with Gasteiger partial charge >= 0.3 is 0 Å². The van der Waals surface area contributed by atoms with Gasteiger partial charge in [-0.15, -0.1) is 0 Å². The van der Waals surface area contributed by atoms with E-state index in [0.717, 1.165) is 19.2 Å². The van der Waals surface area contributed by atoms with E-state index < -0.39 is 10.0 Å². The van der Waals surface area contributed by atoms with Gasteiger partial charge in [-0.05, 0) is 51.2 Å². The molecule has 0 spiro atoms. The van der Waals surface area contributed by atoms with Gasteiger partial charge in [0.1, 0.15) is 0 Å². The highest BCUT2D eigenvalue weighted by molar-refractivity contribution is 7.88. The van der Waals surface area contributed by atoms with Crippen LogP contribution in [0.2, 0.25) is 0 Å². The molecule has 0 unspecified atom stereocenters. The lowest BCUT2D eigenvalue weighted by atomic mass is 10.1. The summed E-state index contributed by atoms with van der Waals surface area (Å²) in [5, 5.41) is 2.74. The molecule has 1 N–H and O–H groups in total. The highest BCUT2D eigenvalue weighted by Crippen LogP contribution is 2.10. The molecule has 0 heterocycles. The third-order valence-electron chi connectivity index (χ3n) is 3.45. The number of hydrogen-bond donors (Lipinski definition) is 1. The molecular formula is C16H27N3O3S. The first-order valence-electron chi connectivity index (χ1n) is 7.71. The van der Waals surface area contributed by atoms with Crippen LogP contribution in [-0.4, -0.2) is 63.5 Å². The first-order chi connectivity index (χ1) is 10.7. The number of nitrogens with zero attached hydrogens (tertiary/aromatic N) is 2. The number of carbonyl (C=O) groups excluding carboxylic acids is 1. The van der Waals surface area contributed by atoms with Gasteiger partial charge in [-0.25, -0.2) is 8.42 Å². The van der Waals surface area contributed by atoms with Crippen LogP contribution in [0.5, 0.6) is 0 Å². The van der Waals surface area contributed by atoms with Crippen LogP contribution in [-0.2, 0) is 21.2 Å². The zero-order chi connectivity index (χ0) is 17.5. The van der Waals surface area contributed by atoms with Crippen molar-refractivity contribution in [2.75, 3.05) is 45.3 Å². The van der Waals surface area contributed by atoms with Crippen molar-refractivity contribution < 1.29 is 13.2 Å². The van der Waals surface area contributed by atoms with Gasteiger partial charge in [0.2, 0.25) is 15.9 Å². The Morgan fingerprint density at radius 1 is 1.13 bits per heavy atom. The summed E-state index contributed by atoms with van der Waals surface area (Å²) in [6.45, 7) is 3.00. The second-order valence-corrected chi connectivity index (χ2v) is 7.83. The molecule has 0 bridgehead atoms. The maximum Gasteiger partial charge on any atom is 0.239 e. The maximum absolute atomic E-state index is 12.1. The van der Waals surface area contributed by atoms with E-state index in [1.54, 1.807) is 0 Å². The SMILES string of the molecule is CCc1ccc(NC(=O)CN(CCCN(C)C)S(C)(=O)=O)cc1. The minimum atomic E-state index is -3.41. The number of carbonyl (C=O) groups is 1. The Kier molecular flexibility index (Phi) is 7.67. The molecule has 0 aliphatic heterocycles. The lowest BCUT2D eigenvalue weighted by Crippen LogP contribution is -2.38. The predicted molar refractivity (Wildman–Crippen MR) is 94.0 cm³/mol. The quantitative estimate of drug-likeness (QED) is 0.737. The Balaban J connectivity index is 2.61. The molecule has 1 rings (SSSR count). The summed E-state index contributed by atoms with van der Waals surface area (Å²) in [6.07, 6.45) is 2.74. The summed E-state index contributed by atoms with van der Waals surface area (Å²) < 4.78 is 24.8. The van der Waals surface area contributed by atoms with Gasteiger partial charge in [0, 0.05) is 12.2 Å². The van der Waals surface area contributed by atoms with Gasteiger partial charge in [-0.1, -0.05) is 19.1 Å². The number of nitrogens with one attached hydrogen (secondary N) is 1. The number of benzene rings is 1. The summed E-state index contributed by atoms with van der Waals surface area (Å²) in [5.74, 6) is -0.329. The van der Waals surface area contributed by atoms with Crippen molar-refractivity contribution in [1.82, 2.24) is 9.21 Å². The van der Waals surface area contributed by atoms with E-state index in [2.05, 4.69) is 12.2 Å². The summed E-state index contributed by atoms with van der Waals surface area (Å²) in [6, 6.07) is 7.54. The van der Waals surface area contributed by atoms with Crippen LogP contribution in [0.1, 0.15) is 18.9 Å². The van der Waals surface area contributed by atoms with Gasteiger partial charge in [0.15, 0.2) is 0 Å². The van der Waals surface area contributed by atoms with E-state index in [9.17, 15) is 13.2 Å². The Morgan fingerprint density at radius 3 is 2.22 bits per heavy atom. The fourth-order valence-corrected chi connectivity index (χ4v) is 2.92. The minimum absolute atomic E-state index is 0.165. The molecule has 1 amide bonds. The zero-order valence-electron chi connectivity index (χ0n) is 14.4. The van der Waals surface area contributed by atoms with Gasteiger partial charge in [0.05, 0.1) is 12.8 Å². The van der Waals surface area contributed by atoms with Gasteiger partial charge in [-0.3, -0.25) is 4.79 Å². The molecular weight excluding hydrogens is 314 g/mol. The topological polar surface area (TPSA) is 69.7 Å². The average molecular weight is 341 g/mol. The van der Waals surface area contributed by atoms with Gasteiger partial charge < -0.3 is 10.2 Å². The Hall–Kier alpha value is -1.44. The number of amides is 1. The molecule has 0 saturated heterocycles. The summed E-state index contributed by atoms with van der Waals surface area (Å²) >= 11 is 0. The molecule has 0 fully saturated rings. The van der Waals surface area contributed by atoms with E-state index in [1.165, 1.54) is 9.87 Å². The number of anilines is 1. The predicted octanol–water partition coefficient (Wildman–Crippen LogP) is 1.40. The molecule has 7 heteroatoms. The fraction of sp³-hybridized carbons (Fsp3) is 0.562. The first-order valence-corrected chi connectivity index (χ1v) is 9.56. The molecule has 1 aromatic carbocycles. The Bertz CT molecular complexity index is 598. The Labute approximate surface area is 139 Å². The minimum Gasteiger partial charge on any atom is -0.325 e. The third-order valence-corrected chi connectivity index (χ3v) is 4.70. The number of sulfonamides is 1. The zero-order valence-corrected chi connectivity index (χ0v) is 15.2. The second-order valence-electron chi connectivity index (χ2n) is 5.85. The van der Waals surface area contributed by atoms with Gasteiger partial charge in [0.25, 0.3) is 0 Å². The van der Waals surface area contributed by atoms with E-state index in [4.69, 9.17) is 0 Å². The summed E-state index contributed by atoms with van der Waals surface area (Å²) in [5.41, 5.74) is 1.86. The third kappa shape index (κ3) is 7.58. The standard InChI is InChI=1S/C16H27N3O3S/c1-5-14-7-9-15(10-8-14)17-16(20)13-19(23(4,21)22)12-6-11-18(2)3/h7-10H,5-6,11-13H2,1-4H3,(H,17,20). The largest absolute Gasteiger partial charge is 0.325 e. The van der Waals surface area contributed by atoms with Crippen LogP contribution >= 0.6 is 0 Å². The van der Waals surface area contributed by atoms with Crippen LogP contribution < -0.4 is 5.32 Å². The van der Waals surface area contributed by atoms with Crippen LogP contribution in [0.15, 0.2) is 24.3 Å². The maximum atomic E-state index is 12.1. The molecule has 0 aliphatic carbocycles. The van der Waals surface area contributed by atoms with Crippen molar-refractivity contribution in [1.29, 1.82) is 0 Å². The van der Waals surface area contributed by atoms with Crippen molar-refractivity contribution in [2.24, 2.45) is 0 Å². The number of hydrogen-bond acceptors (Lipinski definition) is 4. The smallest absolute Gasteiger partial charge is 0.239 e. The molecule has 0 aliphatic rings. The second kappa shape index (κ2) is 9.00. The Morgan fingerprint density at radius 2 is 1.74 bits per heavy atom. The van der Waals surface area contributed by atoms with E-state index in [-0.39, 0.29) is 12.5 Å². The van der Waals surface area contributed by atoms with E-state index in [1.807, 2.05) is 43.3 Å². The highest BCUT2D eigenvalue weighted by atomic mass is 32.2. The lowest BCUT2D eigenvalue weighted by molar-refractivity contribution is -0.116. The molecule has 23 heavy (non-hydrogen) atoms.